The van der Waals surface area contributed by atoms with E-state index < -0.39 is 5.91 Å². The minimum Gasteiger partial charge on any atom is -0.447 e. The van der Waals surface area contributed by atoms with Crippen LogP contribution in [0.4, 0.5) is 14.5 Å². The molecule has 30 heavy (non-hydrogen) atoms. The van der Waals surface area contributed by atoms with Crippen LogP contribution in [0, 0.1) is 11.6 Å². The van der Waals surface area contributed by atoms with Gasteiger partial charge in [-0.05, 0) is 42.0 Å². The van der Waals surface area contributed by atoms with Crippen molar-refractivity contribution in [1.29, 1.82) is 0 Å². The lowest BCUT2D eigenvalue weighted by atomic mass is 10.2. The third-order valence-corrected chi connectivity index (χ3v) is 5.03. The van der Waals surface area contributed by atoms with Gasteiger partial charge in [0.2, 0.25) is 5.89 Å². The number of hydrogen-bond acceptors (Lipinski definition) is 5. The topological polar surface area (TPSA) is 61.6 Å². The summed E-state index contributed by atoms with van der Waals surface area (Å²) in [5, 5.41) is 2.66. The first-order valence-corrected chi connectivity index (χ1v) is 9.76. The minimum atomic E-state index is -0.402. The highest BCUT2D eigenvalue weighted by Crippen LogP contribution is 2.14. The highest BCUT2D eigenvalue weighted by molar-refractivity contribution is 6.02. The summed E-state index contributed by atoms with van der Waals surface area (Å²) in [7, 11) is 0. The smallest absolute Gasteiger partial charge is 0.277 e. The van der Waals surface area contributed by atoms with Crippen molar-refractivity contribution in [2.45, 2.75) is 13.1 Å². The number of carbonyl (C=O) groups excluding carboxylic acids is 1. The molecule has 2 heterocycles. The number of rotatable bonds is 6. The molecule has 3 aromatic rings. The molecular weight excluding hydrogens is 390 g/mol. The third kappa shape index (κ3) is 5.28. The molecule has 4 rings (SSSR count). The van der Waals surface area contributed by atoms with E-state index in [1.165, 1.54) is 42.7 Å². The molecule has 2 aromatic carbocycles. The van der Waals surface area contributed by atoms with Crippen LogP contribution in [0.2, 0.25) is 0 Å². The van der Waals surface area contributed by atoms with E-state index in [2.05, 4.69) is 20.1 Å². The number of hydrogen-bond donors (Lipinski definition) is 1. The largest absolute Gasteiger partial charge is 0.447 e. The SMILES string of the molecule is O=C(Nc1ccc(F)cc1)c1coc(CN2CCN(Cc3ccc(F)cc3)CC2)n1. The maximum atomic E-state index is 13.0. The van der Waals surface area contributed by atoms with Crippen molar-refractivity contribution in [3.05, 3.63) is 83.6 Å². The number of halogens is 2. The number of piperazine rings is 1. The van der Waals surface area contributed by atoms with Gasteiger partial charge in [-0.3, -0.25) is 14.6 Å². The van der Waals surface area contributed by atoms with Crippen molar-refractivity contribution in [3.63, 3.8) is 0 Å². The summed E-state index contributed by atoms with van der Waals surface area (Å²) in [5.41, 5.74) is 1.77. The molecule has 0 spiro atoms. The molecule has 0 aliphatic carbocycles. The Kier molecular flexibility index (Phi) is 6.15. The maximum absolute atomic E-state index is 13.0. The quantitative estimate of drug-likeness (QED) is 0.671. The summed E-state index contributed by atoms with van der Waals surface area (Å²) < 4.78 is 31.4. The van der Waals surface area contributed by atoms with Gasteiger partial charge in [0.05, 0.1) is 6.54 Å². The molecular formula is C22H22F2N4O2. The Hall–Kier alpha value is -3.10. The van der Waals surface area contributed by atoms with Crippen molar-refractivity contribution in [1.82, 2.24) is 14.8 Å². The van der Waals surface area contributed by atoms with Gasteiger partial charge in [-0.2, -0.15) is 0 Å². The lowest BCUT2D eigenvalue weighted by Crippen LogP contribution is -2.45. The number of nitrogens with zero attached hydrogens (tertiary/aromatic N) is 3. The number of oxazole rings is 1. The van der Waals surface area contributed by atoms with Gasteiger partial charge in [0.25, 0.3) is 5.91 Å². The van der Waals surface area contributed by atoms with Gasteiger partial charge in [-0.15, -0.1) is 0 Å². The molecule has 6 nitrogen and oxygen atoms in total. The molecule has 1 N–H and O–H groups in total. The fraction of sp³-hybridized carbons (Fsp3) is 0.273. The highest BCUT2D eigenvalue weighted by Gasteiger charge is 2.20. The second-order valence-corrected chi connectivity index (χ2v) is 7.27. The van der Waals surface area contributed by atoms with Crippen LogP contribution in [0.25, 0.3) is 0 Å². The van der Waals surface area contributed by atoms with E-state index in [-0.39, 0.29) is 17.3 Å². The summed E-state index contributed by atoms with van der Waals surface area (Å²) in [4.78, 5) is 21.1. The number of aromatic nitrogens is 1. The van der Waals surface area contributed by atoms with Crippen LogP contribution in [-0.4, -0.2) is 46.9 Å². The standard InChI is InChI=1S/C22H22F2N4O2/c23-17-3-1-16(2-4-17)13-27-9-11-28(12-10-27)14-21-26-20(15-30-21)22(29)25-19-7-5-18(24)6-8-19/h1-8,15H,9-14H2,(H,25,29). The zero-order valence-electron chi connectivity index (χ0n) is 16.4. The zero-order chi connectivity index (χ0) is 20.9. The van der Waals surface area contributed by atoms with Crippen LogP contribution in [0.15, 0.2) is 59.2 Å². The average Bonchev–Trinajstić information content (AvgIpc) is 3.21. The van der Waals surface area contributed by atoms with Crippen molar-refractivity contribution in [2.75, 3.05) is 31.5 Å². The molecule has 1 amide bonds. The predicted octanol–water partition coefficient (Wildman–Crippen LogP) is 3.52. The van der Waals surface area contributed by atoms with E-state index >= 15 is 0 Å². The summed E-state index contributed by atoms with van der Waals surface area (Å²) in [6.45, 7) is 4.78. The summed E-state index contributed by atoms with van der Waals surface area (Å²) in [6, 6.07) is 12.1. The van der Waals surface area contributed by atoms with Gasteiger partial charge in [-0.1, -0.05) is 12.1 Å². The molecule has 1 aliphatic heterocycles. The van der Waals surface area contributed by atoms with E-state index in [1.807, 2.05) is 12.1 Å². The Morgan fingerprint density at radius 3 is 2.10 bits per heavy atom. The molecule has 1 aromatic heterocycles. The monoisotopic (exact) mass is 412 g/mol. The van der Waals surface area contributed by atoms with Crippen LogP contribution in [0.3, 0.4) is 0 Å². The third-order valence-electron chi connectivity index (χ3n) is 5.03. The molecule has 1 aliphatic rings. The van der Waals surface area contributed by atoms with Crippen LogP contribution in [-0.2, 0) is 13.1 Å². The first kappa shape index (κ1) is 20.2. The van der Waals surface area contributed by atoms with Gasteiger partial charge in [0.1, 0.15) is 17.9 Å². The van der Waals surface area contributed by atoms with Crippen LogP contribution < -0.4 is 5.32 Å². The van der Waals surface area contributed by atoms with Gasteiger partial charge in [0.15, 0.2) is 5.69 Å². The lowest BCUT2D eigenvalue weighted by Gasteiger charge is -2.34. The fourth-order valence-electron chi connectivity index (χ4n) is 3.36. The highest BCUT2D eigenvalue weighted by atomic mass is 19.1. The summed E-state index contributed by atoms with van der Waals surface area (Å²) in [5.74, 6) is -0.512. The zero-order valence-corrected chi connectivity index (χ0v) is 16.4. The Bertz CT molecular complexity index is 981. The van der Waals surface area contributed by atoms with Crippen LogP contribution in [0.5, 0.6) is 0 Å². The Balaban J connectivity index is 1.25. The molecule has 1 saturated heterocycles. The number of anilines is 1. The van der Waals surface area contributed by atoms with E-state index in [0.717, 1.165) is 38.3 Å². The second kappa shape index (κ2) is 9.15. The number of benzene rings is 2. The van der Waals surface area contributed by atoms with Gasteiger partial charge >= 0.3 is 0 Å². The van der Waals surface area contributed by atoms with Gasteiger partial charge < -0.3 is 9.73 Å². The van der Waals surface area contributed by atoms with Crippen molar-refractivity contribution in [3.8, 4) is 0 Å². The lowest BCUT2D eigenvalue weighted by molar-refractivity contribution is 0.102. The molecule has 0 saturated carbocycles. The van der Waals surface area contributed by atoms with E-state index in [0.29, 0.717) is 18.1 Å². The normalized spacial score (nSPS) is 15.3. The number of carbonyl (C=O) groups is 1. The fourth-order valence-corrected chi connectivity index (χ4v) is 3.36. The van der Waals surface area contributed by atoms with Crippen LogP contribution >= 0.6 is 0 Å². The molecule has 8 heteroatoms. The first-order chi connectivity index (χ1) is 14.5. The van der Waals surface area contributed by atoms with Gasteiger partial charge in [-0.25, -0.2) is 13.8 Å². The summed E-state index contributed by atoms with van der Waals surface area (Å²) >= 11 is 0. The molecule has 156 valence electrons. The second-order valence-electron chi connectivity index (χ2n) is 7.27. The first-order valence-electron chi connectivity index (χ1n) is 9.76. The Morgan fingerprint density at radius 2 is 1.47 bits per heavy atom. The molecule has 1 fully saturated rings. The van der Waals surface area contributed by atoms with Crippen molar-refractivity contribution in [2.24, 2.45) is 0 Å². The van der Waals surface area contributed by atoms with E-state index in [9.17, 15) is 13.6 Å². The molecule has 0 bridgehead atoms. The number of nitrogens with one attached hydrogen (secondary N) is 1. The Morgan fingerprint density at radius 1 is 0.900 bits per heavy atom. The maximum Gasteiger partial charge on any atom is 0.277 e. The minimum absolute atomic E-state index is 0.185. The van der Waals surface area contributed by atoms with Crippen molar-refractivity contribution < 1.29 is 18.0 Å². The van der Waals surface area contributed by atoms with Gasteiger partial charge in [0, 0.05) is 38.4 Å². The van der Waals surface area contributed by atoms with Crippen molar-refractivity contribution >= 4 is 11.6 Å². The van der Waals surface area contributed by atoms with E-state index in [1.54, 1.807) is 0 Å². The average molecular weight is 412 g/mol. The Labute approximate surface area is 173 Å². The molecule has 0 atom stereocenters. The number of amides is 1. The predicted molar refractivity (Wildman–Crippen MR) is 108 cm³/mol. The summed E-state index contributed by atoms with van der Waals surface area (Å²) in [6.07, 6.45) is 1.33. The van der Waals surface area contributed by atoms with Crippen LogP contribution in [0.1, 0.15) is 21.9 Å². The molecule has 0 unspecified atom stereocenters. The van der Waals surface area contributed by atoms with E-state index in [4.69, 9.17) is 4.42 Å². The molecule has 0 radical (unpaired) electrons.